The van der Waals surface area contributed by atoms with Crippen molar-refractivity contribution in [3.8, 4) is 0 Å². The molecule has 0 aliphatic rings. The molecule has 3 rings (SSSR count). The van der Waals surface area contributed by atoms with E-state index in [0.29, 0.717) is 5.58 Å². The Morgan fingerprint density at radius 1 is 1.18 bits per heavy atom. The molecule has 0 bridgehead atoms. The fourth-order valence-corrected chi connectivity index (χ4v) is 2.26. The van der Waals surface area contributed by atoms with Gasteiger partial charge in [0, 0.05) is 17.0 Å². The summed E-state index contributed by atoms with van der Waals surface area (Å²) in [7, 11) is 0. The highest BCUT2D eigenvalue weighted by Gasteiger charge is 2.17. The van der Waals surface area contributed by atoms with Crippen LogP contribution in [-0.2, 0) is 6.54 Å². The van der Waals surface area contributed by atoms with Gasteiger partial charge in [-0.2, -0.15) is 4.57 Å². The molecular weight excluding hydrogens is 346 g/mol. The van der Waals surface area contributed by atoms with E-state index in [4.69, 9.17) is 4.42 Å². The fourth-order valence-electron chi connectivity index (χ4n) is 2.26. The first kappa shape index (κ1) is 16.1. The topological polar surface area (TPSA) is 51.2 Å². The molecule has 0 unspecified atom stereocenters. The summed E-state index contributed by atoms with van der Waals surface area (Å²) in [6.07, 6.45) is 3.66. The number of rotatable bonds is 3. The first-order chi connectivity index (χ1) is 10.1. The molecule has 0 atom stereocenters. The lowest BCUT2D eigenvalue weighted by molar-refractivity contribution is -0.683. The molecule has 0 fully saturated rings. The van der Waals surface area contributed by atoms with E-state index in [1.807, 2.05) is 37.4 Å². The third-order valence-corrected chi connectivity index (χ3v) is 3.27. The summed E-state index contributed by atoms with van der Waals surface area (Å²) in [5.74, 6) is -0.259. The molecule has 2 aromatic heterocycles. The molecule has 2 heterocycles. The van der Waals surface area contributed by atoms with Crippen molar-refractivity contribution in [1.82, 2.24) is 0 Å². The van der Waals surface area contributed by atoms with E-state index in [1.165, 1.54) is 0 Å². The van der Waals surface area contributed by atoms with Gasteiger partial charge in [0.2, 0.25) is 12.3 Å². The number of carbonyl (C=O) groups excluding carboxylic acids is 1. The molecule has 22 heavy (non-hydrogen) atoms. The van der Waals surface area contributed by atoms with Gasteiger partial charge < -0.3 is 21.4 Å². The molecule has 0 N–H and O–H groups in total. The number of aromatic nitrogens is 1. The van der Waals surface area contributed by atoms with Crippen LogP contribution in [0.2, 0.25) is 0 Å². The van der Waals surface area contributed by atoms with Crippen molar-refractivity contribution in [2.75, 3.05) is 0 Å². The SMILES string of the molecule is Cc1ccc[n+](CC(=O)c2cc3ccccc3oc2=O)c1.[Br-]. The van der Waals surface area contributed by atoms with Gasteiger partial charge in [-0.25, -0.2) is 4.79 Å². The average molecular weight is 360 g/mol. The molecule has 0 radical (unpaired) electrons. The number of hydrogen-bond donors (Lipinski definition) is 0. The highest BCUT2D eigenvalue weighted by molar-refractivity contribution is 5.97. The van der Waals surface area contributed by atoms with Crippen LogP contribution in [0.5, 0.6) is 0 Å². The fraction of sp³-hybridized carbons (Fsp3) is 0.118. The van der Waals surface area contributed by atoms with Crippen molar-refractivity contribution in [1.29, 1.82) is 0 Å². The van der Waals surface area contributed by atoms with Crippen molar-refractivity contribution < 1.29 is 30.8 Å². The van der Waals surface area contributed by atoms with Gasteiger partial charge in [0.25, 0.3) is 0 Å². The van der Waals surface area contributed by atoms with Crippen LogP contribution in [-0.4, -0.2) is 5.78 Å². The van der Waals surface area contributed by atoms with Crippen LogP contribution < -0.4 is 27.2 Å². The van der Waals surface area contributed by atoms with Gasteiger partial charge in [-0.15, -0.1) is 0 Å². The van der Waals surface area contributed by atoms with Crippen LogP contribution in [0.3, 0.4) is 0 Å². The third-order valence-electron chi connectivity index (χ3n) is 3.27. The lowest BCUT2D eigenvalue weighted by atomic mass is 10.1. The maximum absolute atomic E-state index is 12.3. The molecule has 4 nitrogen and oxygen atoms in total. The summed E-state index contributed by atoms with van der Waals surface area (Å²) >= 11 is 0. The second-order valence-electron chi connectivity index (χ2n) is 4.96. The minimum atomic E-state index is -0.591. The second kappa shape index (κ2) is 6.66. The zero-order chi connectivity index (χ0) is 14.8. The zero-order valence-corrected chi connectivity index (χ0v) is 13.5. The summed E-state index contributed by atoms with van der Waals surface area (Å²) in [6, 6.07) is 12.6. The molecule has 0 amide bonds. The summed E-state index contributed by atoms with van der Waals surface area (Å²) in [5, 5.41) is 0.745. The number of aryl methyl sites for hydroxylation is 1. The van der Waals surface area contributed by atoms with Crippen molar-refractivity contribution in [3.05, 3.63) is 76.4 Å². The molecular formula is C17H14BrNO3. The molecule has 0 saturated carbocycles. The van der Waals surface area contributed by atoms with E-state index in [2.05, 4.69) is 0 Å². The van der Waals surface area contributed by atoms with E-state index < -0.39 is 5.63 Å². The largest absolute Gasteiger partial charge is 1.00 e. The molecule has 0 spiro atoms. The standard InChI is InChI=1S/C17H14NO3.BrH/c1-12-5-4-8-18(10-12)11-15(19)14-9-13-6-2-3-7-16(13)21-17(14)20;/h2-10H,11H2,1H3;1H/q+1;/p-1. The van der Waals surface area contributed by atoms with Gasteiger partial charge >= 0.3 is 5.63 Å². The zero-order valence-electron chi connectivity index (χ0n) is 12.0. The summed E-state index contributed by atoms with van der Waals surface area (Å²) in [6.45, 7) is 2.07. The average Bonchev–Trinajstić information content (AvgIpc) is 2.46. The van der Waals surface area contributed by atoms with Crippen LogP contribution in [0.4, 0.5) is 0 Å². The van der Waals surface area contributed by atoms with Crippen LogP contribution in [0.15, 0.2) is 64.1 Å². The smallest absolute Gasteiger partial charge is 0.347 e. The number of para-hydroxylation sites is 1. The number of fused-ring (bicyclic) bond motifs is 1. The van der Waals surface area contributed by atoms with Crippen molar-refractivity contribution in [2.45, 2.75) is 13.5 Å². The Balaban J connectivity index is 0.00000176. The van der Waals surface area contributed by atoms with Gasteiger partial charge in [-0.3, -0.25) is 4.79 Å². The van der Waals surface area contributed by atoms with Gasteiger partial charge in [0.05, 0.1) is 0 Å². The molecule has 1 aromatic carbocycles. The molecule has 0 aliphatic carbocycles. The summed E-state index contributed by atoms with van der Waals surface area (Å²) in [4.78, 5) is 24.2. The molecule has 3 aromatic rings. The second-order valence-corrected chi connectivity index (χ2v) is 4.96. The van der Waals surface area contributed by atoms with Crippen LogP contribution >= 0.6 is 0 Å². The quantitative estimate of drug-likeness (QED) is 0.352. The maximum atomic E-state index is 12.3. The van der Waals surface area contributed by atoms with Crippen LogP contribution in [0, 0.1) is 6.92 Å². The monoisotopic (exact) mass is 359 g/mol. The van der Waals surface area contributed by atoms with E-state index >= 15 is 0 Å². The number of carbonyl (C=O) groups is 1. The highest BCUT2D eigenvalue weighted by atomic mass is 79.9. The summed E-state index contributed by atoms with van der Waals surface area (Å²) in [5.41, 5.74) is 1.03. The Hall–Kier alpha value is -2.27. The molecule has 5 heteroatoms. The van der Waals surface area contributed by atoms with Crippen LogP contribution in [0.25, 0.3) is 11.0 Å². The number of benzene rings is 1. The maximum Gasteiger partial charge on any atom is 0.347 e. The van der Waals surface area contributed by atoms with Crippen molar-refractivity contribution in [2.24, 2.45) is 0 Å². The minimum absolute atomic E-state index is 0. The van der Waals surface area contributed by atoms with Crippen molar-refractivity contribution >= 4 is 16.8 Å². The number of halogens is 1. The normalized spacial score (nSPS) is 10.2. The lowest BCUT2D eigenvalue weighted by Crippen LogP contribution is -3.00. The Morgan fingerprint density at radius 2 is 1.95 bits per heavy atom. The number of ketones is 1. The van der Waals surface area contributed by atoms with E-state index in [1.54, 1.807) is 29.0 Å². The lowest BCUT2D eigenvalue weighted by Gasteiger charge is -2.00. The van der Waals surface area contributed by atoms with Crippen LogP contribution in [0.1, 0.15) is 15.9 Å². The Morgan fingerprint density at radius 3 is 2.73 bits per heavy atom. The number of Topliss-reactive ketones (excluding diaryl/α,β-unsaturated/α-hetero) is 1. The van der Waals surface area contributed by atoms with Gasteiger partial charge in [-0.1, -0.05) is 18.2 Å². The Kier molecular flexibility index (Phi) is 4.88. The molecule has 112 valence electrons. The molecule has 0 aliphatic heterocycles. The number of hydrogen-bond acceptors (Lipinski definition) is 3. The van der Waals surface area contributed by atoms with E-state index in [9.17, 15) is 9.59 Å². The number of pyridine rings is 1. The third kappa shape index (κ3) is 3.31. The van der Waals surface area contributed by atoms with Gasteiger partial charge in [-0.05, 0) is 25.1 Å². The Bertz CT molecular complexity index is 886. The molecule has 0 saturated heterocycles. The van der Waals surface area contributed by atoms with Gasteiger partial charge in [0.15, 0.2) is 12.4 Å². The predicted molar refractivity (Wildman–Crippen MR) is 78.2 cm³/mol. The van der Waals surface area contributed by atoms with Crippen molar-refractivity contribution in [3.63, 3.8) is 0 Å². The minimum Gasteiger partial charge on any atom is -1.00 e. The van der Waals surface area contributed by atoms with E-state index in [0.717, 1.165) is 10.9 Å². The van der Waals surface area contributed by atoms with Gasteiger partial charge in [0.1, 0.15) is 11.1 Å². The Labute approximate surface area is 137 Å². The highest BCUT2D eigenvalue weighted by Crippen LogP contribution is 2.12. The predicted octanol–water partition coefficient (Wildman–Crippen LogP) is -0.724. The first-order valence-electron chi connectivity index (χ1n) is 6.65. The first-order valence-corrected chi connectivity index (χ1v) is 6.65. The number of nitrogens with zero attached hydrogens (tertiary/aromatic N) is 1. The van der Waals surface area contributed by atoms with E-state index in [-0.39, 0.29) is 34.9 Å². The summed E-state index contributed by atoms with van der Waals surface area (Å²) < 4.78 is 6.95.